The molecule has 15 heavy (non-hydrogen) atoms. The molecule has 1 aromatic carbocycles. The van der Waals surface area contributed by atoms with Crippen molar-refractivity contribution >= 4 is 11.9 Å². The van der Waals surface area contributed by atoms with Crippen molar-refractivity contribution in [3.8, 4) is 5.75 Å². The first-order valence-corrected chi connectivity index (χ1v) is 4.33. The second-order valence-corrected chi connectivity index (χ2v) is 2.83. The predicted molar refractivity (Wildman–Crippen MR) is 53.2 cm³/mol. The maximum Gasteiger partial charge on any atom is 0.314 e. The van der Waals surface area contributed by atoms with Gasteiger partial charge in [-0.15, -0.1) is 0 Å². The summed E-state index contributed by atoms with van der Waals surface area (Å²) in [6, 6.07) is 6.54. The van der Waals surface area contributed by atoms with E-state index in [-0.39, 0.29) is 5.97 Å². The Labute approximate surface area is 87.8 Å². The number of ether oxygens (including phenoxy) is 2. The number of hydrogen-bond donors (Lipinski definition) is 0. The maximum atomic E-state index is 10.9. The molecule has 4 heteroatoms. The molecule has 1 rings (SSSR count). The van der Waals surface area contributed by atoms with E-state index in [9.17, 15) is 9.59 Å². The minimum Gasteiger partial charge on any atom is -0.469 e. The van der Waals surface area contributed by atoms with E-state index in [1.54, 1.807) is 24.3 Å². The molecule has 79 valence electrons. The molecule has 0 saturated heterocycles. The van der Waals surface area contributed by atoms with Crippen LogP contribution in [0.3, 0.4) is 0 Å². The van der Waals surface area contributed by atoms with Gasteiger partial charge in [0.05, 0.1) is 13.5 Å². The lowest BCUT2D eigenvalue weighted by molar-refractivity contribution is -0.136. The van der Waals surface area contributed by atoms with E-state index < -0.39 is 5.97 Å². The molecule has 0 aliphatic carbocycles. The van der Waals surface area contributed by atoms with E-state index in [4.69, 9.17) is 4.74 Å². The van der Waals surface area contributed by atoms with Crippen LogP contribution in [0.25, 0.3) is 0 Å². The van der Waals surface area contributed by atoms with Crippen molar-refractivity contribution in [3.63, 3.8) is 0 Å². The van der Waals surface area contributed by atoms with Gasteiger partial charge >= 0.3 is 11.9 Å². The zero-order chi connectivity index (χ0) is 11.3. The van der Waals surface area contributed by atoms with Gasteiger partial charge in [-0.25, -0.2) is 0 Å². The minimum atomic E-state index is -0.421. The molecule has 0 spiro atoms. The van der Waals surface area contributed by atoms with Crippen molar-refractivity contribution in [3.05, 3.63) is 36.2 Å². The molecule has 0 atom stereocenters. The van der Waals surface area contributed by atoms with Crippen molar-refractivity contribution in [2.45, 2.75) is 6.92 Å². The second kappa shape index (κ2) is 5.14. The van der Waals surface area contributed by atoms with Crippen LogP contribution in [0.5, 0.6) is 5.75 Å². The van der Waals surface area contributed by atoms with E-state index in [2.05, 4.69) is 4.74 Å². The lowest BCUT2D eigenvalue weighted by Crippen LogP contribution is -2.03. The summed E-state index contributed by atoms with van der Waals surface area (Å²) in [6.45, 7) is 1.33. The van der Waals surface area contributed by atoms with Gasteiger partial charge < -0.3 is 9.47 Å². The third kappa shape index (κ3) is 3.81. The van der Waals surface area contributed by atoms with Crippen molar-refractivity contribution in [2.24, 2.45) is 0 Å². The summed E-state index contributed by atoms with van der Waals surface area (Å²) in [5.41, 5.74) is 0.692. The Morgan fingerprint density at radius 2 is 1.80 bits per heavy atom. The lowest BCUT2D eigenvalue weighted by atomic mass is 10.1. The first-order chi connectivity index (χ1) is 7.11. The van der Waals surface area contributed by atoms with Gasteiger partial charge in [0.2, 0.25) is 0 Å². The number of methoxy groups -OCH3 is 1. The fourth-order valence-corrected chi connectivity index (χ4v) is 0.993. The smallest absolute Gasteiger partial charge is 0.314 e. The maximum absolute atomic E-state index is 10.9. The zero-order valence-electron chi connectivity index (χ0n) is 8.52. The Hall–Kier alpha value is -1.84. The fourth-order valence-electron chi connectivity index (χ4n) is 0.993. The molecular formula is C11H11O4. The van der Waals surface area contributed by atoms with E-state index >= 15 is 0 Å². The molecule has 4 nitrogen and oxygen atoms in total. The van der Waals surface area contributed by atoms with Gasteiger partial charge in [0, 0.05) is 6.92 Å². The summed E-state index contributed by atoms with van der Waals surface area (Å²) in [7, 11) is 1.31. The minimum absolute atomic E-state index is 0.375. The highest BCUT2D eigenvalue weighted by molar-refractivity contribution is 5.83. The zero-order valence-corrected chi connectivity index (χ0v) is 8.52. The van der Waals surface area contributed by atoms with Gasteiger partial charge in [0.1, 0.15) is 5.75 Å². The fraction of sp³-hybridized carbons (Fsp3) is 0.182. The Morgan fingerprint density at radius 1 is 1.20 bits per heavy atom. The third-order valence-electron chi connectivity index (χ3n) is 1.63. The summed E-state index contributed by atoms with van der Waals surface area (Å²) in [6.07, 6.45) is 1.34. The van der Waals surface area contributed by atoms with E-state index in [0.29, 0.717) is 11.3 Å². The van der Waals surface area contributed by atoms with Crippen molar-refractivity contribution in [1.29, 1.82) is 0 Å². The number of carbonyl (C=O) groups excluding carboxylic acids is 2. The average Bonchev–Trinajstić information content (AvgIpc) is 2.20. The quantitative estimate of drug-likeness (QED) is 0.554. The van der Waals surface area contributed by atoms with Crippen LogP contribution in [0.2, 0.25) is 0 Å². The van der Waals surface area contributed by atoms with E-state index in [1.807, 2.05) is 0 Å². The molecule has 0 aliphatic heterocycles. The number of hydrogen-bond acceptors (Lipinski definition) is 4. The second-order valence-electron chi connectivity index (χ2n) is 2.83. The van der Waals surface area contributed by atoms with Crippen molar-refractivity contribution in [1.82, 2.24) is 0 Å². The monoisotopic (exact) mass is 207 g/mol. The number of carbonyl (C=O) groups is 2. The highest BCUT2D eigenvalue weighted by Crippen LogP contribution is 2.13. The third-order valence-corrected chi connectivity index (χ3v) is 1.63. The topological polar surface area (TPSA) is 52.6 Å². The van der Waals surface area contributed by atoms with Crippen LogP contribution in [-0.2, 0) is 14.3 Å². The molecule has 0 bridgehead atoms. The predicted octanol–water partition coefficient (Wildman–Crippen LogP) is 1.34. The van der Waals surface area contributed by atoms with Crippen LogP contribution < -0.4 is 4.74 Å². The molecule has 1 aromatic rings. The number of benzene rings is 1. The first-order valence-electron chi connectivity index (χ1n) is 4.33. The summed E-state index contributed by atoms with van der Waals surface area (Å²) < 4.78 is 9.30. The molecule has 0 N–H and O–H groups in total. The standard InChI is InChI=1S/C11H11O4/c1-8(12)15-10-5-3-9(4-6-10)7-11(13)14-2/h3-7H,1-2H3. The molecule has 0 aliphatic rings. The van der Waals surface area contributed by atoms with Gasteiger partial charge in [0.25, 0.3) is 0 Å². The van der Waals surface area contributed by atoms with Gasteiger partial charge in [-0.3, -0.25) is 9.59 Å². The van der Waals surface area contributed by atoms with Crippen LogP contribution in [0, 0.1) is 6.42 Å². The highest BCUT2D eigenvalue weighted by atomic mass is 16.5. The molecule has 0 unspecified atom stereocenters. The van der Waals surface area contributed by atoms with E-state index in [1.165, 1.54) is 20.5 Å². The van der Waals surface area contributed by atoms with Crippen molar-refractivity contribution in [2.75, 3.05) is 7.11 Å². The molecule has 0 aromatic heterocycles. The van der Waals surface area contributed by atoms with Crippen LogP contribution in [0.1, 0.15) is 12.5 Å². The molecule has 0 fully saturated rings. The Morgan fingerprint density at radius 3 is 2.27 bits per heavy atom. The summed E-state index contributed by atoms with van der Waals surface area (Å²) >= 11 is 0. The van der Waals surface area contributed by atoms with Crippen LogP contribution in [0.4, 0.5) is 0 Å². The van der Waals surface area contributed by atoms with Crippen molar-refractivity contribution < 1.29 is 19.1 Å². The largest absolute Gasteiger partial charge is 0.469 e. The highest BCUT2D eigenvalue weighted by Gasteiger charge is 2.04. The van der Waals surface area contributed by atoms with Crippen LogP contribution >= 0.6 is 0 Å². The van der Waals surface area contributed by atoms with Gasteiger partial charge in [-0.1, -0.05) is 12.1 Å². The van der Waals surface area contributed by atoms with Crippen LogP contribution in [0.15, 0.2) is 24.3 Å². The van der Waals surface area contributed by atoms with Gasteiger partial charge in [0.15, 0.2) is 0 Å². The number of rotatable bonds is 3. The normalized spacial score (nSPS) is 9.47. The van der Waals surface area contributed by atoms with Gasteiger partial charge in [-0.05, 0) is 17.7 Å². The Balaban J connectivity index is 2.64. The summed E-state index contributed by atoms with van der Waals surface area (Å²) in [5.74, 6) is -0.348. The molecule has 1 radical (unpaired) electrons. The van der Waals surface area contributed by atoms with Gasteiger partial charge in [-0.2, -0.15) is 0 Å². The molecule has 0 amide bonds. The first kappa shape index (κ1) is 11.2. The summed E-state index contributed by atoms with van der Waals surface area (Å²) in [5, 5.41) is 0. The number of esters is 2. The Kier molecular flexibility index (Phi) is 3.85. The molecule has 0 saturated carbocycles. The lowest BCUT2D eigenvalue weighted by Gasteiger charge is -2.02. The Bertz CT molecular complexity index is 353. The van der Waals surface area contributed by atoms with Crippen LogP contribution in [-0.4, -0.2) is 19.0 Å². The summed E-state index contributed by atoms with van der Waals surface area (Å²) in [4.78, 5) is 21.5. The molecule has 0 heterocycles. The van der Waals surface area contributed by atoms with E-state index in [0.717, 1.165) is 0 Å². The molecular weight excluding hydrogens is 196 g/mol. The SMILES string of the molecule is COC(=O)[CH]c1ccc(OC(C)=O)cc1. The average molecular weight is 207 g/mol.